The summed E-state index contributed by atoms with van der Waals surface area (Å²) in [6, 6.07) is 0. The minimum atomic E-state index is -0.435. The van der Waals surface area contributed by atoms with Crippen LogP contribution in [0.5, 0.6) is 0 Å². The van der Waals surface area contributed by atoms with E-state index < -0.39 is 5.91 Å². The van der Waals surface area contributed by atoms with Crippen LogP contribution in [-0.4, -0.2) is 11.8 Å². The number of hydrogen-bond donors (Lipinski definition) is 2. The first kappa shape index (κ1) is 14.9. The zero-order valence-electron chi connectivity index (χ0n) is 8.75. The van der Waals surface area contributed by atoms with Gasteiger partial charge in [-0.2, -0.15) is 0 Å². The van der Waals surface area contributed by atoms with Gasteiger partial charge >= 0.3 is 0 Å². The smallest absolute Gasteiger partial charge is 0.243 e. The minimum absolute atomic E-state index is 0.363. The van der Waals surface area contributed by atoms with Crippen molar-refractivity contribution in [2.24, 2.45) is 11.5 Å². The third kappa shape index (κ3) is 16.8. The van der Waals surface area contributed by atoms with Crippen molar-refractivity contribution in [2.45, 2.75) is 26.7 Å². The molecule has 0 fully saturated rings. The molecule has 0 atom stereocenters. The number of allylic oxidation sites excluding steroid dienone is 1. The van der Waals surface area contributed by atoms with Crippen molar-refractivity contribution in [1.82, 2.24) is 0 Å². The Morgan fingerprint density at radius 3 is 2.00 bits per heavy atom. The molecule has 0 aliphatic rings. The second-order valence-electron chi connectivity index (χ2n) is 2.74. The molecule has 4 N–H and O–H groups in total. The Labute approximate surface area is 84.7 Å². The standard InChI is InChI=1S/C6H11NO.C4H7NO/c1-2-3-4-5-6(7)8;1-3(2)4(5)6/h4-5H,2-3H2,1H3,(H2,7,8);1H2,2H3,(H2,5,6). The molecular formula is C10H18N2O2. The SMILES string of the molecule is C=C(C)C(N)=O.CCCC=CC(N)=O. The summed E-state index contributed by atoms with van der Waals surface area (Å²) in [6.07, 6.45) is 5.17. The Balaban J connectivity index is 0. The van der Waals surface area contributed by atoms with Crippen molar-refractivity contribution >= 4 is 11.8 Å². The van der Waals surface area contributed by atoms with Gasteiger partial charge in [-0.3, -0.25) is 9.59 Å². The Hall–Kier alpha value is -1.58. The molecule has 0 saturated carbocycles. The summed E-state index contributed by atoms with van der Waals surface area (Å²) in [7, 11) is 0. The van der Waals surface area contributed by atoms with Gasteiger partial charge < -0.3 is 11.5 Å². The molecular weight excluding hydrogens is 180 g/mol. The zero-order chi connectivity index (χ0) is 11.6. The fourth-order valence-electron chi connectivity index (χ4n) is 0.366. The molecule has 0 aliphatic carbocycles. The highest BCUT2D eigenvalue weighted by atomic mass is 16.1. The van der Waals surface area contributed by atoms with E-state index in [-0.39, 0.29) is 5.91 Å². The summed E-state index contributed by atoms with van der Waals surface area (Å²) in [5.74, 6) is -0.798. The van der Waals surface area contributed by atoms with Gasteiger partial charge in [-0.25, -0.2) is 0 Å². The monoisotopic (exact) mass is 198 g/mol. The lowest BCUT2D eigenvalue weighted by Crippen LogP contribution is -2.10. The average Bonchev–Trinajstić information content (AvgIpc) is 2.05. The summed E-state index contributed by atoms with van der Waals surface area (Å²) in [5, 5.41) is 0. The lowest BCUT2D eigenvalue weighted by molar-refractivity contribution is -0.115. The van der Waals surface area contributed by atoms with E-state index in [2.05, 4.69) is 6.58 Å². The molecule has 0 saturated heterocycles. The van der Waals surface area contributed by atoms with E-state index in [0.717, 1.165) is 12.8 Å². The largest absolute Gasteiger partial charge is 0.366 e. The van der Waals surface area contributed by atoms with Crippen molar-refractivity contribution in [1.29, 1.82) is 0 Å². The maximum atomic E-state index is 10.0. The number of amides is 2. The van der Waals surface area contributed by atoms with Crippen molar-refractivity contribution in [3.63, 3.8) is 0 Å². The molecule has 0 aromatic heterocycles. The van der Waals surface area contributed by atoms with E-state index >= 15 is 0 Å². The minimum Gasteiger partial charge on any atom is -0.366 e. The highest BCUT2D eigenvalue weighted by molar-refractivity contribution is 5.90. The number of primary amides is 2. The topological polar surface area (TPSA) is 86.2 Å². The summed E-state index contributed by atoms with van der Waals surface area (Å²) in [6.45, 7) is 6.90. The summed E-state index contributed by atoms with van der Waals surface area (Å²) in [5.41, 5.74) is 9.90. The molecule has 4 heteroatoms. The van der Waals surface area contributed by atoms with Gasteiger partial charge in [0.1, 0.15) is 0 Å². The van der Waals surface area contributed by atoms with Gasteiger partial charge in [-0.15, -0.1) is 0 Å². The molecule has 0 aliphatic heterocycles. The number of unbranched alkanes of at least 4 members (excludes halogenated alkanes) is 1. The third-order valence-corrected chi connectivity index (χ3v) is 1.16. The quantitative estimate of drug-likeness (QED) is 0.657. The molecule has 0 spiro atoms. The number of nitrogens with two attached hydrogens (primary N) is 2. The van der Waals surface area contributed by atoms with Crippen LogP contribution >= 0.6 is 0 Å². The van der Waals surface area contributed by atoms with Crippen molar-refractivity contribution in [3.05, 3.63) is 24.3 Å². The Kier molecular flexibility index (Phi) is 10.1. The number of hydrogen-bond acceptors (Lipinski definition) is 2. The molecule has 14 heavy (non-hydrogen) atoms. The summed E-state index contributed by atoms with van der Waals surface area (Å²) >= 11 is 0. The van der Waals surface area contributed by atoms with Crippen LogP contribution in [0.15, 0.2) is 24.3 Å². The molecule has 0 radical (unpaired) electrons. The Morgan fingerprint density at radius 1 is 1.36 bits per heavy atom. The van der Waals surface area contributed by atoms with Crippen molar-refractivity contribution in [2.75, 3.05) is 0 Å². The average molecular weight is 198 g/mol. The highest BCUT2D eigenvalue weighted by Crippen LogP contribution is 1.86. The van der Waals surface area contributed by atoms with E-state index in [1.165, 1.54) is 6.08 Å². The predicted molar refractivity (Wildman–Crippen MR) is 57.3 cm³/mol. The number of rotatable bonds is 4. The molecule has 0 heterocycles. The molecule has 0 aromatic rings. The van der Waals surface area contributed by atoms with Crippen LogP contribution in [0.4, 0.5) is 0 Å². The lowest BCUT2D eigenvalue weighted by Gasteiger charge is -1.81. The van der Waals surface area contributed by atoms with Crippen LogP contribution in [0.2, 0.25) is 0 Å². The van der Waals surface area contributed by atoms with Crippen molar-refractivity contribution in [3.8, 4) is 0 Å². The van der Waals surface area contributed by atoms with Crippen LogP contribution in [-0.2, 0) is 9.59 Å². The second-order valence-corrected chi connectivity index (χ2v) is 2.74. The van der Waals surface area contributed by atoms with Crippen molar-refractivity contribution < 1.29 is 9.59 Å². The van der Waals surface area contributed by atoms with Crippen LogP contribution in [0.25, 0.3) is 0 Å². The maximum Gasteiger partial charge on any atom is 0.243 e. The van der Waals surface area contributed by atoms with Crippen LogP contribution in [0, 0.1) is 0 Å². The molecule has 0 aromatic carbocycles. The van der Waals surface area contributed by atoms with Crippen LogP contribution in [0.3, 0.4) is 0 Å². The van der Waals surface area contributed by atoms with Crippen LogP contribution in [0.1, 0.15) is 26.7 Å². The normalized spacial score (nSPS) is 9.00. The van der Waals surface area contributed by atoms with Gasteiger partial charge in [0, 0.05) is 5.57 Å². The van der Waals surface area contributed by atoms with E-state index in [0.29, 0.717) is 5.57 Å². The predicted octanol–water partition coefficient (Wildman–Crippen LogP) is 0.876. The van der Waals surface area contributed by atoms with Gasteiger partial charge in [-0.1, -0.05) is 26.0 Å². The van der Waals surface area contributed by atoms with Gasteiger partial charge in [0.15, 0.2) is 0 Å². The Morgan fingerprint density at radius 2 is 1.79 bits per heavy atom. The fourth-order valence-corrected chi connectivity index (χ4v) is 0.366. The van der Waals surface area contributed by atoms with E-state index in [1.807, 2.05) is 6.92 Å². The molecule has 4 nitrogen and oxygen atoms in total. The summed E-state index contributed by atoms with van der Waals surface area (Å²) in [4.78, 5) is 19.8. The molecule has 2 amide bonds. The third-order valence-electron chi connectivity index (χ3n) is 1.16. The first-order valence-corrected chi connectivity index (χ1v) is 4.33. The van der Waals surface area contributed by atoms with Gasteiger partial charge in [0.05, 0.1) is 0 Å². The van der Waals surface area contributed by atoms with E-state index in [4.69, 9.17) is 11.5 Å². The fraction of sp³-hybridized carbons (Fsp3) is 0.400. The van der Waals surface area contributed by atoms with Crippen LogP contribution < -0.4 is 11.5 Å². The Bertz CT molecular complexity index is 220. The van der Waals surface area contributed by atoms with Gasteiger partial charge in [0.2, 0.25) is 11.8 Å². The van der Waals surface area contributed by atoms with E-state index in [9.17, 15) is 9.59 Å². The lowest BCUT2D eigenvalue weighted by atomic mass is 10.3. The zero-order valence-corrected chi connectivity index (χ0v) is 8.75. The van der Waals surface area contributed by atoms with E-state index in [1.54, 1.807) is 13.0 Å². The first-order chi connectivity index (χ1) is 6.41. The molecule has 0 unspecified atom stereocenters. The number of carbonyl (C=O) groups excluding carboxylic acids is 2. The summed E-state index contributed by atoms with van der Waals surface area (Å²) < 4.78 is 0. The first-order valence-electron chi connectivity index (χ1n) is 4.33. The second kappa shape index (κ2) is 9.51. The molecule has 80 valence electrons. The molecule has 0 rings (SSSR count). The maximum absolute atomic E-state index is 10.0. The molecule has 0 bridgehead atoms. The van der Waals surface area contributed by atoms with Gasteiger partial charge in [-0.05, 0) is 19.4 Å². The number of carbonyl (C=O) groups is 2. The van der Waals surface area contributed by atoms with Gasteiger partial charge in [0.25, 0.3) is 0 Å². The highest BCUT2D eigenvalue weighted by Gasteiger charge is 1.86.